The molecule has 0 spiro atoms. The number of aryl methyl sites for hydroxylation is 1. The second-order valence-corrected chi connectivity index (χ2v) is 11.4. The fourth-order valence-electron chi connectivity index (χ4n) is 4.75. The molecule has 0 saturated carbocycles. The van der Waals surface area contributed by atoms with Crippen LogP contribution >= 0.6 is 0 Å². The van der Waals surface area contributed by atoms with Crippen LogP contribution in [0.1, 0.15) is 44.2 Å². The minimum absolute atomic E-state index is 0.0110. The van der Waals surface area contributed by atoms with E-state index in [-0.39, 0.29) is 22.8 Å². The molecule has 9 heteroatoms. The summed E-state index contributed by atoms with van der Waals surface area (Å²) >= 11 is 0. The topological polar surface area (TPSA) is 92.7 Å². The van der Waals surface area contributed by atoms with Crippen molar-refractivity contribution in [2.45, 2.75) is 56.4 Å². The van der Waals surface area contributed by atoms with E-state index in [2.05, 4.69) is 14.9 Å². The highest BCUT2D eigenvalue weighted by molar-refractivity contribution is 7.90. The molecule has 4 rings (SSSR count). The van der Waals surface area contributed by atoms with E-state index in [9.17, 15) is 13.2 Å². The number of sulfone groups is 1. The first-order valence-electron chi connectivity index (χ1n) is 11.8. The molecule has 3 heterocycles. The van der Waals surface area contributed by atoms with Crippen molar-refractivity contribution in [2.24, 2.45) is 5.92 Å². The molecule has 2 aliphatic heterocycles. The number of anilines is 1. The Labute approximate surface area is 196 Å². The van der Waals surface area contributed by atoms with E-state index in [0.29, 0.717) is 24.6 Å². The van der Waals surface area contributed by atoms with Gasteiger partial charge in [-0.3, -0.25) is 4.79 Å². The number of ether oxygens (including phenoxy) is 1. The van der Waals surface area contributed by atoms with Crippen LogP contribution in [0, 0.1) is 12.8 Å². The van der Waals surface area contributed by atoms with E-state index in [1.54, 1.807) is 18.2 Å². The molecular formula is C24H34N4O4S. The lowest BCUT2D eigenvalue weighted by Gasteiger charge is -2.34. The third-order valence-corrected chi connectivity index (χ3v) is 7.95. The molecule has 1 aromatic carbocycles. The molecule has 1 aromatic heterocycles. The van der Waals surface area contributed by atoms with Gasteiger partial charge in [0.05, 0.1) is 22.2 Å². The molecule has 0 aliphatic carbocycles. The number of hydrogen-bond donors (Lipinski definition) is 0. The van der Waals surface area contributed by atoms with Crippen LogP contribution in [-0.4, -0.2) is 74.8 Å². The molecule has 1 amide bonds. The summed E-state index contributed by atoms with van der Waals surface area (Å²) in [5.74, 6) is 0.815. The molecule has 1 atom stereocenters. The second-order valence-electron chi connectivity index (χ2n) is 9.36. The maximum atomic E-state index is 13.0. The van der Waals surface area contributed by atoms with Gasteiger partial charge >= 0.3 is 0 Å². The van der Waals surface area contributed by atoms with Crippen LogP contribution in [0.3, 0.4) is 0 Å². The standard InChI is InChI=1S/C24H34N4O4S/c1-17-21-8-7-20(33(3,30)31)16-22(21)26-24(25-17)28-13-9-18(10-14-28)23(29)27(2)12-11-19-6-4-5-15-32-19/h7-8,16,18-19H,4-6,9-15H2,1-3H3/t19-/m0/s1. The number of carbonyl (C=O) groups excluding carboxylic acids is 1. The number of piperidine rings is 1. The van der Waals surface area contributed by atoms with Crippen molar-refractivity contribution in [3.63, 3.8) is 0 Å². The second kappa shape index (κ2) is 9.93. The Balaban J connectivity index is 1.38. The van der Waals surface area contributed by atoms with Gasteiger partial charge in [-0.2, -0.15) is 0 Å². The molecule has 2 saturated heterocycles. The van der Waals surface area contributed by atoms with Crippen LogP contribution in [0.2, 0.25) is 0 Å². The van der Waals surface area contributed by atoms with E-state index < -0.39 is 9.84 Å². The molecule has 0 N–H and O–H groups in total. The molecular weight excluding hydrogens is 440 g/mol. The Morgan fingerprint density at radius 3 is 2.61 bits per heavy atom. The van der Waals surface area contributed by atoms with Crippen LogP contribution in [0.15, 0.2) is 23.1 Å². The van der Waals surface area contributed by atoms with Crippen molar-refractivity contribution in [1.29, 1.82) is 0 Å². The molecule has 0 unspecified atom stereocenters. The van der Waals surface area contributed by atoms with E-state index in [0.717, 1.165) is 56.3 Å². The Morgan fingerprint density at radius 1 is 1.18 bits per heavy atom. The van der Waals surface area contributed by atoms with Gasteiger partial charge in [0.2, 0.25) is 11.9 Å². The summed E-state index contributed by atoms with van der Waals surface area (Å²) in [5.41, 5.74) is 1.45. The molecule has 8 nitrogen and oxygen atoms in total. The maximum absolute atomic E-state index is 13.0. The SMILES string of the molecule is Cc1nc(N2CCC(C(=O)N(C)CC[C@@H]3CCCCO3)CC2)nc2cc(S(C)(=O)=O)ccc12. The number of hydrogen-bond acceptors (Lipinski definition) is 7. The largest absolute Gasteiger partial charge is 0.378 e. The predicted molar refractivity (Wildman–Crippen MR) is 128 cm³/mol. The van der Waals surface area contributed by atoms with Crippen molar-refractivity contribution in [3.8, 4) is 0 Å². The van der Waals surface area contributed by atoms with Gasteiger partial charge in [0, 0.05) is 50.8 Å². The highest BCUT2D eigenvalue weighted by Gasteiger charge is 2.29. The normalized spacial score (nSPS) is 20.2. The zero-order chi connectivity index (χ0) is 23.6. The van der Waals surface area contributed by atoms with Gasteiger partial charge in [0.25, 0.3) is 0 Å². The average molecular weight is 475 g/mol. The summed E-state index contributed by atoms with van der Waals surface area (Å²) in [6.07, 6.45) is 7.35. The Morgan fingerprint density at radius 2 is 1.94 bits per heavy atom. The number of benzene rings is 1. The first kappa shape index (κ1) is 23.9. The van der Waals surface area contributed by atoms with Gasteiger partial charge in [-0.05, 0) is 63.6 Å². The number of rotatable bonds is 6. The van der Waals surface area contributed by atoms with Gasteiger partial charge in [0.1, 0.15) is 0 Å². The number of nitrogens with zero attached hydrogens (tertiary/aromatic N) is 4. The number of aromatic nitrogens is 2. The maximum Gasteiger partial charge on any atom is 0.226 e. The minimum Gasteiger partial charge on any atom is -0.378 e. The zero-order valence-corrected chi connectivity index (χ0v) is 20.6. The van der Waals surface area contributed by atoms with Gasteiger partial charge in [-0.25, -0.2) is 18.4 Å². The van der Waals surface area contributed by atoms with E-state index in [4.69, 9.17) is 4.74 Å². The summed E-state index contributed by atoms with van der Waals surface area (Å²) in [4.78, 5) is 26.5. The van der Waals surface area contributed by atoms with Crippen molar-refractivity contribution in [2.75, 3.05) is 44.4 Å². The lowest BCUT2D eigenvalue weighted by Crippen LogP contribution is -2.42. The van der Waals surface area contributed by atoms with E-state index in [1.807, 2.05) is 18.9 Å². The molecule has 0 radical (unpaired) electrons. The average Bonchev–Trinajstić information content (AvgIpc) is 2.82. The van der Waals surface area contributed by atoms with Crippen molar-refractivity contribution in [1.82, 2.24) is 14.9 Å². The number of carbonyl (C=O) groups is 1. The lowest BCUT2D eigenvalue weighted by atomic mass is 9.95. The molecule has 180 valence electrons. The van der Waals surface area contributed by atoms with Crippen molar-refractivity contribution in [3.05, 3.63) is 23.9 Å². The fraction of sp³-hybridized carbons (Fsp3) is 0.625. The van der Waals surface area contributed by atoms with Gasteiger partial charge in [-0.1, -0.05) is 0 Å². The lowest BCUT2D eigenvalue weighted by molar-refractivity contribution is -0.135. The van der Waals surface area contributed by atoms with Gasteiger partial charge < -0.3 is 14.5 Å². The Kier molecular flexibility index (Phi) is 7.19. The van der Waals surface area contributed by atoms with Crippen LogP contribution in [-0.2, 0) is 19.4 Å². The predicted octanol–water partition coefficient (Wildman–Crippen LogP) is 2.98. The Hall–Kier alpha value is -2.26. The summed E-state index contributed by atoms with van der Waals surface area (Å²) in [6, 6.07) is 4.98. The number of amides is 1. The third kappa shape index (κ3) is 5.63. The van der Waals surface area contributed by atoms with Crippen LogP contribution in [0.25, 0.3) is 10.9 Å². The summed E-state index contributed by atoms with van der Waals surface area (Å²) < 4.78 is 29.7. The first-order valence-corrected chi connectivity index (χ1v) is 13.7. The summed E-state index contributed by atoms with van der Waals surface area (Å²) in [7, 11) is -1.41. The quantitative estimate of drug-likeness (QED) is 0.635. The third-order valence-electron chi connectivity index (χ3n) is 6.84. The molecule has 33 heavy (non-hydrogen) atoms. The zero-order valence-electron chi connectivity index (χ0n) is 19.8. The summed E-state index contributed by atoms with van der Waals surface area (Å²) in [6.45, 7) is 4.89. The first-order chi connectivity index (χ1) is 15.7. The van der Waals surface area contributed by atoms with Crippen LogP contribution in [0.4, 0.5) is 5.95 Å². The molecule has 2 aromatic rings. The highest BCUT2D eigenvalue weighted by Crippen LogP contribution is 2.26. The van der Waals surface area contributed by atoms with Crippen LogP contribution in [0.5, 0.6) is 0 Å². The molecule has 2 aliphatic rings. The summed E-state index contributed by atoms with van der Waals surface area (Å²) in [5, 5.41) is 0.847. The smallest absolute Gasteiger partial charge is 0.226 e. The van der Waals surface area contributed by atoms with Crippen molar-refractivity contribution < 1.29 is 17.9 Å². The minimum atomic E-state index is -3.31. The highest BCUT2D eigenvalue weighted by atomic mass is 32.2. The monoisotopic (exact) mass is 474 g/mol. The van der Waals surface area contributed by atoms with E-state index >= 15 is 0 Å². The molecule has 0 bridgehead atoms. The fourth-order valence-corrected chi connectivity index (χ4v) is 5.39. The Bertz CT molecular complexity index is 1110. The van der Waals surface area contributed by atoms with Crippen molar-refractivity contribution >= 4 is 32.6 Å². The van der Waals surface area contributed by atoms with Gasteiger partial charge in [0.15, 0.2) is 9.84 Å². The number of fused-ring (bicyclic) bond motifs is 1. The van der Waals surface area contributed by atoms with Crippen LogP contribution < -0.4 is 4.90 Å². The van der Waals surface area contributed by atoms with E-state index in [1.165, 1.54) is 12.7 Å². The molecule has 2 fully saturated rings. The van der Waals surface area contributed by atoms with Gasteiger partial charge in [-0.15, -0.1) is 0 Å².